The van der Waals surface area contributed by atoms with Crippen molar-refractivity contribution in [2.75, 3.05) is 0 Å². The Balaban J connectivity index is 2.57. The Kier molecular flexibility index (Phi) is 4.15. The van der Waals surface area contributed by atoms with Crippen molar-refractivity contribution in [1.82, 2.24) is 9.13 Å². The van der Waals surface area contributed by atoms with Crippen molar-refractivity contribution in [3.63, 3.8) is 0 Å². The van der Waals surface area contributed by atoms with Gasteiger partial charge in [0.2, 0.25) is 11.6 Å². The summed E-state index contributed by atoms with van der Waals surface area (Å²) in [6, 6.07) is 4.54. The zero-order chi connectivity index (χ0) is 15.7. The van der Waals surface area contributed by atoms with Crippen LogP contribution in [-0.2, 0) is 14.1 Å². The number of aromatic nitrogens is 2. The van der Waals surface area contributed by atoms with E-state index >= 15 is 0 Å². The molecule has 0 saturated heterocycles. The maximum Gasteiger partial charge on any atom is 0.333 e. The van der Waals surface area contributed by atoms with Crippen molar-refractivity contribution >= 4 is 34.6 Å². The number of benzene rings is 1. The second kappa shape index (κ2) is 5.71. The summed E-state index contributed by atoms with van der Waals surface area (Å²) < 4.78 is 1.71. The van der Waals surface area contributed by atoms with Gasteiger partial charge in [-0.3, -0.25) is 13.9 Å². The number of aromatic hydroxyl groups is 1. The van der Waals surface area contributed by atoms with Gasteiger partial charge in [0.1, 0.15) is 5.69 Å². The van der Waals surface area contributed by atoms with Gasteiger partial charge in [-0.2, -0.15) is 0 Å². The molecule has 0 atom stereocenters. The minimum Gasteiger partial charge on any atom is -0.493 e. The molecular formula is C12H10Cl2N4O3. The Bertz CT molecular complexity index is 855. The van der Waals surface area contributed by atoms with Gasteiger partial charge in [-0.15, -0.1) is 10.2 Å². The summed E-state index contributed by atoms with van der Waals surface area (Å²) in [5, 5.41) is 18.0. The van der Waals surface area contributed by atoms with E-state index in [9.17, 15) is 14.7 Å². The zero-order valence-electron chi connectivity index (χ0n) is 11.0. The molecule has 0 fully saturated rings. The van der Waals surface area contributed by atoms with Crippen LogP contribution in [0, 0.1) is 0 Å². The summed E-state index contributed by atoms with van der Waals surface area (Å²) in [7, 11) is 2.59. The molecule has 0 radical (unpaired) electrons. The van der Waals surface area contributed by atoms with Gasteiger partial charge in [-0.05, 0) is 18.2 Å². The smallest absolute Gasteiger partial charge is 0.333 e. The van der Waals surface area contributed by atoms with E-state index in [1.54, 1.807) is 6.07 Å². The molecule has 110 valence electrons. The van der Waals surface area contributed by atoms with Gasteiger partial charge >= 0.3 is 5.69 Å². The first-order valence-electron chi connectivity index (χ1n) is 5.68. The maximum absolute atomic E-state index is 11.9. The third kappa shape index (κ3) is 2.84. The molecule has 9 heteroatoms. The highest BCUT2D eigenvalue weighted by Gasteiger charge is 2.14. The Morgan fingerprint density at radius 1 is 1.10 bits per heavy atom. The van der Waals surface area contributed by atoms with E-state index in [0.29, 0.717) is 5.02 Å². The first-order valence-corrected chi connectivity index (χ1v) is 6.44. The lowest BCUT2D eigenvalue weighted by molar-refractivity contribution is 0.413. The van der Waals surface area contributed by atoms with Crippen molar-refractivity contribution in [2.24, 2.45) is 24.3 Å². The lowest BCUT2D eigenvalue weighted by atomic mass is 10.3. The highest BCUT2D eigenvalue weighted by Crippen LogP contribution is 2.30. The van der Waals surface area contributed by atoms with Gasteiger partial charge in [0.25, 0.3) is 5.56 Å². The molecule has 0 spiro atoms. The van der Waals surface area contributed by atoms with E-state index in [4.69, 9.17) is 23.2 Å². The van der Waals surface area contributed by atoms with E-state index in [0.717, 1.165) is 9.13 Å². The fourth-order valence-corrected chi connectivity index (χ4v) is 2.02. The average Bonchev–Trinajstić information content (AvgIpc) is 2.45. The lowest BCUT2D eigenvalue weighted by Crippen LogP contribution is -2.36. The van der Waals surface area contributed by atoms with Crippen LogP contribution < -0.4 is 11.2 Å². The number of hydrogen-bond donors (Lipinski definition) is 1. The standard InChI is InChI=1S/C12H10Cl2N4O3/c1-17-10(19)9(11(20)18(2)12(17)21)16-15-8-4-3-6(13)5-7(8)14/h3-5,19H,1-2H3. The number of nitrogens with zero attached hydrogens (tertiary/aromatic N) is 4. The normalized spacial score (nSPS) is 11.2. The van der Waals surface area contributed by atoms with Crippen LogP contribution in [0.4, 0.5) is 11.4 Å². The lowest BCUT2D eigenvalue weighted by Gasteiger charge is -2.06. The second-order valence-corrected chi connectivity index (χ2v) is 5.02. The van der Waals surface area contributed by atoms with E-state index in [-0.39, 0.29) is 16.4 Å². The summed E-state index contributed by atoms with van der Waals surface area (Å²) >= 11 is 11.7. The van der Waals surface area contributed by atoms with E-state index in [1.807, 2.05) is 0 Å². The SMILES string of the molecule is Cn1c(O)c(N=Nc2ccc(Cl)cc2Cl)c(=O)n(C)c1=O. The van der Waals surface area contributed by atoms with Gasteiger partial charge in [0.05, 0.1) is 5.02 Å². The first-order chi connectivity index (χ1) is 9.82. The number of rotatable bonds is 2. The Hall–Kier alpha value is -2.12. The molecule has 1 aromatic carbocycles. The molecule has 0 unspecified atom stereocenters. The molecular weight excluding hydrogens is 319 g/mol. The van der Waals surface area contributed by atoms with Crippen LogP contribution in [-0.4, -0.2) is 14.2 Å². The monoisotopic (exact) mass is 328 g/mol. The maximum atomic E-state index is 11.9. The van der Waals surface area contributed by atoms with E-state index in [2.05, 4.69) is 10.2 Å². The van der Waals surface area contributed by atoms with Gasteiger partial charge in [-0.1, -0.05) is 23.2 Å². The molecule has 21 heavy (non-hydrogen) atoms. The second-order valence-electron chi connectivity index (χ2n) is 4.17. The molecule has 2 aromatic rings. The molecule has 2 rings (SSSR count). The molecule has 0 saturated carbocycles. The predicted octanol–water partition coefficient (Wildman–Crippen LogP) is 2.51. The predicted molar refractivity (Wildman–Crippen MR) is 79.2 cm³/mol. The van der Waals surface area contributed by atoms with Gasteiger partial charge in [0.15, 0.2) is 0 Å². The van der Waals surface area contributed by atoms with Crippen LogP contribution in [0.2, 0.25) is 10.0 Å². The van der Waals surface area contributed by atoms with Crippen molar-refractivity contribution in [3.8, 4) is 5.88 Å². The molecule has 0 aliphatic carbocycles. The summed E-state index contributed by atoms with van der Waals surface area (Å²) in [4.78, 5) is 23.5. The quantitative estimate of drug-likeness (QED) is 0.859. The van der Waals surface area contributed by atoms with Crippen LogP contribution in [0.1, 0.15) is 0 Å². The number of azo groups is 1. The number of hydrogen-bond acceptors (Lipinski definition) is 5. The highest BCUT2D eigenvalue weighted by atomic mass is 35.5. The molecule has 0 amide bonds. The molecule has 0 bridgehead atoms. The van der Waals surface area contributed by atoms with Crippen LogP contribution in [0.3, 0.4) is 0 Å². The Morgan fingerprint density at radius 2 is 1.76 bits per heavy atom. The fraction of sp³-hybridized carbons (Fsp3) is 0.167. The topological polar surface area (TPSA) is 88.9 Å². The van der Waals surface area contributed by atoms with E-state index < -0.39 is 17.1 Å². The molecule has 0 aliphatic rings. The largest absolute Gasteiger partial charge is 0.493 e. The average molecular weight is 329 g/mol. The minimum absolute atomic E-state index is 0.243. The van der Waals surface area contributed by atoms with Crippen molar-refractivity contribution in [3.05, 3.63) is 49.1 Å². The van der Waals surface area contributed by atoms with Crippen molar-refractivity contribution in [1.29, 1.82) is 0 Å². The highest BCUT2D eigenvalue weighted by molar-refractivity contribution is 6.36. The van der Waals surface area contributed by atoms with E-state index in [1.165, 1.54) is 26.2 Å². The van der Waals surface area contributed by atoms with Crippen LogP contribution in [0.5, 0.6) is 5.88 Å². The minimum atomic E-state index is -0.760. The molecule has 0 aliphatic heterocycles. The zero-order valence-corrected chi connectivity index (χ0v) is 12.6. The third-order valence-electron chi connectivity index (χ3n) is 2.78. The summed E-state index contributed by atoms with van der Waals surface area (Å²) in [5.74, 6) is -0.572. The first kappa shape index (κ1) is 15.3. The van der Waals surface area contributed by atoms with Gasteiger partial charge < -0.3 is 5.11 Å². The summed E-state index contributed by atoms with van der Waals surface area (Å²) in [6.45, 7) is 0. The molecule has 1 aromatic heterocycles. The summed E-state index contributed by atoms with van der Waals surface area (Å²) in [5.41, 5.74) is -1.51. The number of halogens is 2. The molecule has 1 N–H and O–H groups in total. The molecule has 1 heterocycles. The fourth-order valence-electron chi connectivity index (χ4n) is 1.57. The van der Waals surface area contributed by atoms with Gasteiger partial charge in [0, 0.05) is 19.1 Å². The Labute approximate surface area is 128 Å². The summed E-state index contributed by atoms with van der Waals surface area (Å²) in [6.07, 6.45) is 0. The van der Waals surface area contributed by atoms with Crippen LogP contribution >= 0.6 is 23.2 Å². The van der Waals surface area contributed by atoms with Crippen molar-refractivity contribution < 1.29 is 5.11 Å². The Morgan fingerprint density at radius 3 is 2.38 bits per heavy atom. The molecule has 7 nitrogen and oxygen atoms in total. The van der Waals surface area contributed by atoms with Crippen LogP contribution in [0.25, 0.3) is 0 Å². The third-order valence-corrected chi connectivity index (χ3v) is 3.32. The van der Waals surface area contributed by atoms with Gasteiger partial charge in [-0.25, -0.2) is 4.79 Å². The van der Waals surface area contributed by atoms with Crippen molar-refractivity contribution in [2.45, 2.75) is 0 Å². The van der Waals surface area contributed by atoms with Crippen LogP contribution in [0.15, 0.2) is 38.0 Å².